The maximum absolute atomic E-state index is 12.3. The standard InChI is InChI=1S/C18H20Cl2N2OS/c19-14-8-5-9-15(20)17(14)18-22-13(11-24-18)10-16(23)21-12-6-3-1-2-4-7-12/h5,8-9,11-12H,1-4,6-7,10H2,(H,21,23). The van der Waals surface area contributed by atoms with E-state index in [2.05, 4.69) is 10.3 Å². The van der Waals surface area contributed by atoms with Crippen LogP contribution in [-0.2, 0) is 11.2 Å². The highest BCUT2D eigenvalue weighted by molar-refractivity contribution is 7.13. The Morgan fingerprint density at radius 1 is 1.17 bits per heavy atom. The first-order valence-corrected chi connectivity index (χ1v) is 9.95. The Hall–Kier alpha value is -1.10. The third-order valence-electron chi connectivity index (χ3n) is 4.29. The molecule has 0 atom stereocenters. The van der Waals surface area contributed by atoms with Gasteiger partial charge in [-0.15, -0.1) is 11.3 Å². The molecule has 1 N–H and O–H groups in total. The summed E-state index contributed by atoms with van der Waals surface area (Å²) < 4.78 is 0. The van der Waals surface area contributed by atoms with Crippen LogP contribution in [0.2, 0.25) is 10.0 Å². The number of hydrogen-bond acceptors (Lipinski definition) is 3. The zero-order valence-electron chi connectivity index (χ0n) is 13.4. The molecule has 0 unspecified atom stereocenters. The summed E-state index contributed by atoms with van der Waals surface area (Å²) in [5, 5.41) is 6.96. The number of amides is 1. The molecule has 1 saturated carbocycles. The first-order chi connectivity index (χ1) is 11.6. The molecule has 1 aliphatic rings. The monoisotopic (exact) mass is 382 g/mol. The van der Waals surface area contributed by atoms with Gasteiger partial charge in [0.15, 0.2) is 0 Å². The molecule has 1 aromatic heterocycles. The number of halogens is 2. The molecule has 1 fully saturated rings. The average molecular weight is 383 g/mol. The topological polar surface area (TPSA) is 42.0 Å². The molecule has 0 aliphatic heterocycles. The number of nitrogens with zero attached hydrogens (tertiary/aromatic N) is 1. The number of benzene rings is 1. The smallest absolute Gasteiger partial charge is 0.226 e. The van der Waals surface area contributed by atoms with E-state index >= 15 is 0 Å². The van der Waals surface area contributed by atoms with E-state index in [1.807, 2.05) is 11.4 Å². The van der Waals surface area contributed by atoms with Crippen molar-refractivity contribution in [3.8, 4) is 10.6 Å². The van der Waals surface area contributed by atoms with E-state index in [-0.39, 0.29) is 5.91 Å². The van der Waals surface area contributed by atoms with Crippen LogP contribution in [-0.4, -0.2) is 16.9 Å². The molecule has 3 nitrogen and oxygen atoms in total. The molecular weight excluding hydrogens is 363 g/mol. The van der Waals surface area contributed by atoms with Crippen molar-refractivity contribution < 1.29 is 4.79 Å². The second kappa shape index (κ2) is 8.32. The Morgan fingerprint density at radius 3 is 2.50 bits per heavy atom. The predicted octanol–water partition coefficient (Wildman–Crippen LogP) is 5.50. The van der Waals surface area contributed by atoms with Crippen LogP contribution in [0.4, 0.5) is 0 Å². The van der Waals surface area contributed by atoms with Crippen LogP contribution >= 0.6 is 34.5 Å². The van der Waals surface area contributed by atoms with Gasteiger partial charge in [0.25, 0.3) is 0 Å². The van der Waals surface area contributed by atoms with Gasteiger partial charge in [0.1, 0.15) is 5.01 Å². The predicted molar refractivity (Wildman–Crippen MR) is 101 cm³/mol. The minimum Gasteiger partial charge on any atom is -0.353 e. The summed E-state index contributed by atoms with van der Waals surface area (Å²) in [5.74, 6) is 0.0454. The van der Waals surface area contributed by atoms with Crippen LogP contribution in [0.1, 0.15) is 44.2 Å². The van der Waals surface area contributed by atoms with E-state index in [1.165, 1.54) is 37.0 Å². The van der Waals surface area contributed by atoms with Gasteiger partial charge in [0, 0.05) is 17.0 Å². The third kappa shape index (κ3) is 4.50. The number of carbonyl (C=O) groups excluding carboxylic acids is 1. The maximum Gasteiger partial charge on any atom is 0.226 e. The van der Waals surface area contributed by atoms with Gasteiger partial charge in [0.05, 0.1) is 22.2 Å². The summed E-state index contributed by atoms with van der Waals surface area (Å²) >= 11 is 13.9. The molecule has 1 heterocycles. The number of thiazole rings is 1. The van der Waals surface area contributed by atoms with Gasteiger partial charge < -0.3 is 5.32 Å². The summed E-state index contributed by atoms with van der Waals surface area (Å²) in [5.41, 5.74) is 1.50. The second-order valence-corrected chi connectivity index (χ2v) is 7.85. The lowest BCUT2D eigenvalue weighted by Gasteiger charge is -2.15. The van der Waals surface area contributed by atoms with Gasteiger partial charge in [-0.3, -0.25) is 4.79 Å². The largest absolute Gasteiger partial charge is 0.353 e. The number of nitrogens with one attached hydrogen (secondary N) is 1. The lowest BCUT2D eigenvalue weighted by molar-refractivity contribution is -0.121. The van der Waals surface area contributed by atoms with Crippen LogP contribution in [0.25, 0.3) is 10.6 Å². The van der Waals surface area contributed by atoms with Crippen molar-refractivity contribution in [2.45, 2.75) is 51.0 Å². The Labute approximate surface area is 156 Å². The fraction of sp³-hybridized carbons (Fsp3) is 0.444. The highest BCUT2D eigenvalue weighted by atomic mass is 35.5. The molecule has 1 aliphatic carbocycles. The van der Waals surface area contributed by atoms with E-state index in [4.69, 9.17) is 23.2 Å². The number of aromatic nitrogens is 1. The summed E-state index contributed by atoms with van der Waals surface area (Å²) in [6, 6.07) is 5.71. The van der Waals surface area contributed by atoms with Crippen LogP contribution in [0, 0.1) is 0 Å². The highest BCUT2D eigenvalue weighted by Crippen LogP contribution is 2.36. The number of hydrogen-bond donors (Lipinski definition) is 1. The molecule has 1 amide bonds. The van der Waals surface area contributed by atoms with Gasteiger partial charge in [-0.25, -0.2) is 4.98 Å². The Morgan fingerprint density at radius 2 is 1.83 bits per heavy atom. The van der Waals surface area contributed by atoms with Crippen LogP contribution in [0.5, 0.6) is 0 Å². The molecule has 0 saturated heterocycles. The van der Waals surface area contributed by atoms with E-state index < -0.39 is 0 Å². The second-order valence-electron chi connectivity index (χ2n) is 6.17. The SMILES string of the molecule is O=C(Cc1csc(-c2c(Cl)cccc2Cl)n1)NC1CCCCCC1. The molecular formula is C18H20Cl2N2OS. The lowest BCUT2D eigenvalue weighted by atomic mass is 10.1. The molecule has 0 radical (unpaired) electrons. The Bertz CT molecular complexity index is 689. The molecule has 0 spiro atoms. The summed E-state index contributed by atoms with van der Waals surface area (Å²) in [7, 11) is 0. The summed E-state index contributed by atoms with van der Waals surface area (Å²) in [4.78, 5) is 16.8. The molecule has 0 bridgehead atoms. The van der Waals surface area contributed by atoms with Gasteiger partial charge in [0.2, 0.25) is 5.91 Å². The van der Waals surface area contributed by atoms with E-state index in [9.17, 15) is 4.79 Å². The van der Waals surface area contributed by atoms with Crippen molar-refractivity contribution in [3.63, 3.8) is 0 Å². The van der Waals surface area contributed by atoms with Crippen molar-refractivity contribution in [2.24, 2.45) is 0 Å². The highest BCUT2D eigenvalue weighted by Gasteiger charge is 2.17. The lowest BCUT2D eigenvalue weighted by Crippen LogP contribution is -2.35. The Balaban J connectivity index is 1.64. The van der Waals surface area contributed by atoms with Gasteiger partial charge in [-0.05, 0) is 25.0 Å². The van der Waals surface area contributed by atoms with Crippen molar-refractivity contribution in [1.29, 1.82) is 0 Å². The zero-order valence-corrected chi connectivity index (χ0v) is 15.7. The first kappa shape index (κ1) is 17.7. The molecule has 6 heteroatoms. The van der Waals surface area contributed by atoms with Crippen LogP contribution in [0.15, 0.2) is 23.6 Å². The third-order valence-corrected chi connectivity index (χ3v) is 5.83. The minimum absolute atomic E-state index is 0.0454. The normalized spacial score (nSPS) is 15.9. The average Bonchev–Trinajstić information content (AvgIpc) is 2.82. The van der Waals surface area contributed by atoms with Crippen molar-refractivity contribution in [3.05, 3.63) is 39.3 Å². The molecule has 1 aromatic carbocycles. The fourth-order valence-corrected chi connectivity index (χ4v) is 4.65. The molecule has 3 rings (SSSR count). The number of rotatable bonds is 4. The minimum atomic E-state index is 0.0454. The van der Waals surface area contributed by atoms with E-state index in [0.717, 1.165) is 29.1 Å². The molecule has 24 heavy (non-hydrogen) atoms. The van der Waals surface area contributed by atoms with Crippen molar-refractivity contribution in [1.82, 2.24) is 10.3 Å². The van der Waals surface area contributed by atoms with E-state index in [0.29, 0.717) is 22.5 Å². The maximum atomic E-state index is 12.3. The number of carbonyl (C=O) groups is 1. The summed E-state index contributed by atoms with van der Waals surface area (Å²) in [6.45, 7) is 0. The Kier molecular flexibility index (Phi) is 6.14. The molecule has 128 valence electrons. The van der Waals surface area contributed by atoms with E-state index in [1.54, 1.807) is 12.1 Å². The van der Waals surface area contributed by atoms with Crippen molar-refractivity contribution >= 4 is 40.4 Å². The van der Waals surface area contributed by atoms with Crippen LogP contribution < -0.4 is 5.32 Å². The molecule has 2 aromatic rings. The van der Waals surface area contributed by atoms with Crippen LogP contribution in [0.3, 0.4) is 0 Å². The summed E-state index contributed by atoms with van der Waals surface area (Å²) in [6.07, 6.45) is 7.44. The zero-order chi connectivity index (χ0) is 16.9. The van der Waals surface area contributed by atoms with Crippen molar-refractivity contribution in [2.75, 3.05) is 0 Å². The van der Waals surface area contributed by atoms with Gasteiger partial charge >= 0.3 is 0 Å². The van der Waals surface area contributed by atoms with Gasteiger partial charge in [-0.1, -0.05) is 55.0 Å². The fourth-order valence-electron chi connectivity index (χ4n) is 3.07. The quantitative estimate of drug-likeness (QED) is 0.709. The van der Waals surface area contributed by atoms with Gasteiger partial charge in [-0.2, -0.15) is 0 Å². The first-order valence-electron chi connectivity index (χ1n) is 8.31.